The third-order valence-electron chi connectivity index (χ3n) is 5.54. The molecule has 2 aromatic carbocycles. The molecule has 0 bridgehead atoms. The minimum absolute atomic E-state index is 0.0226. The molecule has 1 N–H and O–H groups in total. The fraction of sp³-hybridized carbons (Fsp3) is 0.160. The van der Waals surface area contributed by atoms with Crippen molar-refractivity contribution in [3.05, 3.63) is 82.7 Å². The molecule has 0 aliphatic rings. The Morgan fingerprint density at radius 2 is 1.69 bits per heavy atom. The zero-order valence-corrected chi connectivity index (χ0v) is 23.0. The van der Waals surface area contributed by atoms with Gasteiger partial charge in [-0.05, 0) is 53.9 Å². The fourth-order valence-corrected chi connectivity index (χ4v) is 6.22. The molecule has 222 valence electrons. The number of alkyl halides is 6. The summed E-state index contributed by atoms with van der Waals surface area (Å²) in [6, 6.07) is 6.02. The molecule has 6 nitrogen and oxygen atoms in total. The maximum atomic E-state index is 15.8. The van der Waals surface area contributed by atoms with Crippen molar-refractivity contribution < 1.29 is 43.5 Å². The summed E-state index contributed by atoms with van der Waals surface area (Å²) >= 11 is 6.66. The smallest absolute Gasteiger partial charge is 0.277 e. The van der Waals surface area contributed by atoms with Crippen LogP contribution >= 0.6 is 22.9 Å². The van der Waals surface area contributed by atoms with Gasteiger partial charge in [0.1, 0.15) is 15.7 Å². The summed E-state index contributed by atoms with van der Waals surface area (Å²) < 4.78 is 136. The van der Waals surface area contributed by atoms with Gasteiger partial charge in [0.2, 0.25) is 5.28 Å². The Hall–Kier alpha value is -3.63. The van der Waals surface area contributed by atoms with Crippen LogP contribution in [0, 0.1) is 11.6 Å². The number of hydrogen-bond donors (Lipinski definition) is 1. The molecule has 0 amide bonds. The molecule has 4 rings (SSSR count). The molecule has 4 aromatic rings. The first-order valence-electron chi connectivity index (χ1n) is 11.4. The molecule has 0 aliphatic heterocycles. The van der Waals surface area contributed by atoms with E-state index in [4.69, 9.17) is 11.6 Å². The van der Waals surface area contributed by atoms with Crippen LogP contribution in [0.2, 0.25) is 5.28 Å². The lowest BCUT2D eigenvalue weighted by atomic mass is 10.1. The van der Waals surface area contributed by atoms with Crippen molar-refractivity contribution in [2.24, 2.45) is 0 Å². The average Bonchev–Trinajstić information content (AvgIpc) is 3.32. The van der Waals surface area contributed by atoms with Crippen LogP contribution in [0.1, 0.15) is 23.4 Å². The number of rotatable bonds is 8. The van der Waals surface area contributed by atoms with Crippen molar-refractivity contribution in [3.8, 4) is 21.8 Å². The highest BCUT2D eigenvalue weighted by atomic mass is 35.5. The molecular weight excluding hydrogens is 640 g/mol. The van der Waals surface area contributed by atoms with Crippen molar-refractivity contribution in [1.29, 1.82) is 0 Å². The van der Waals surface area contributed by atoms with Gasteiger partial charge in [0, 0.05) is 18.2 Å². The molecule has 2 heterocycles. The van der Waals surface area contributed by atoms with E-state index in [2.05, 4.69) is 21.5 Å². The molecule has 17 heteroatoms. The summed E-state index contributed by atoms with van der Waals surface area (Å²) in [5.41, 5.74) is -3.24. The third kappa shape index (κ3) is 6.87. The second kappa shape index (κ2) is 11.6. The molecular formula is C25H15ClF8N4O2S2. The minimum atomic E-state index is -5.34. The third-order valence-corrected chi connectivity index (χ3v) is 8.34. The predicted octanol–water partition coefficient (Wildman–Crippen LogP) is 8.37. The highest BCUT2D eigenvalue weighted by molar-refractivity contribution is 7.92. The fourth-order valence-electron chi connectivity index (χ4n) is 3.68. The lowest BCUT2D eigenvalue weighted by Crippen LogP contribution is -2.21. The Morgan fingerprint density at radius 3 is 2.33 bits per heavy atom. The monoisotopic (exact) mass is 654 g/mol. The maximum Gasteiger partial charge on any atom is 0.417 e. The van der Waals surface area contributed by atoms with E-state index in [0.29, 0.717) is 18.2 Å². The maximum absolute atomic E-state index is 15.8. The second-order valence-corrected chi connectivity index (χ2v) is 11.5. The van der Waals surface area contributed by atoms with E-state index < -0.39 is 68.6 Å². The Kier molecular flexibility index (Phi) is 8.62. The number of sulfonamides is 1. The van der Waals surface area contributed by atoms with Gasteiger partial charge in [-0.25, -0.2) is 32.2 Å². The molecule has 42 heavy (non-hydrogen) atoms. The molecule has 2 aromatic heterocycles. The van der Waals surface area contributed by atoms with Crippen LogP contribution < -0.4 is 4.72 Å². The largest absolute Gasteiger partial charge is 0.417 e. The summed E-state index contributed by atoms with van der Waals surface area (Å²) in [6.07, 6.45) is -10.2. The van der Waals surface area contributed by atoms with Crippen molar-refractivity contribution in [2.75, 3.05) is 4.72 Å². The number of nitrogens with zero attached hydrogens (tertiary/aromatic N) is 3. The van der Waals surface area contributed by atoms with E-state index in [9.17, 15) is 39.2 Å². The first-order chi connectivity index (χ1) is 19.5. The molecule has 0 atom stereocenters. The van der Waals surface area contributed by atoms with Gasteiger partial charge in [0.15, 0.2) is 5.82 Å². The van der Waals surface area contributed by atoms with Gasteiger partial charge >= 0.3 is 12.4 Å². The summed E-state index contributed by atoms with van der Waals surface area (Å²) in [4.78, 5) is 10.3. The van der Waals surface area contributed by atoms with Gasteiger partial charge in [-0.3, -0.25) is 4.72 Å². The lowest BCUT2D eigenvalue weighted by Gasteiger charge is -2.16. The minimum Gasteiger partial charge on any atom is -0.277 e. The lowest BCUT2D eigenvalue weighted by molar-refractivity contribution is -0.140. The first-order valence-corrected chi connectivity index (χ1v) is 14.1. The van der Waals surface area contributed by atoms with Gasteiger partial charge in [-0.2, -0.15) is 26.3 Å². The quantitative estimate of drug-likeness (QED) is 0.152. The topological polar surface area (TPSA) is 84.8 Å². The van der Waals surface area contributed by atoms with Gasteiger partial charge in [0.05, 0.1) is 27.5 Å². The van der Waals surface area contributed by atoms with E-state index in [1.165, 1.54) is 12.3 Å². The van der Waals surface area contributed by atoms with E-state index >= 15 is 4.39 Å². The van der Waals surface area contributed by atoms with Crippen molar-refractivity contribution in [2.45, 2.75) is 30.1 Å². The molecule has 0 unspecified atom stereocenters. The van der Waals surface area contributed by atoms with Crippen LogP contribution in [0.3, 0.4) is 0 Å². The van der Waals surface area contributed by atoms with E-state index in [-0.39, 0.29) is 32.1 Å². The Bertz CT molecular complexity index is 1770. The standard InChI is InChI=1S/C25H15ClF8N4O2S2/c1-12(8-10-24(29,30)31)22-37-19(20(41-22)17-9-11-35-23(26)36-17)13-4-2-7-16(18(13)28)38-42(39,40)21-14(25(32,33)34)5-3-6-15(21)27/h2-7,9,11,38H,1,8,10H2. The van der Waals surface area contributed by atoms with Gasteiger partial charge in [-0.1, -0.05) is 18.7 Å². The molecule has 0 spiro atoms. The van der Waals surface area contributed by atoms with E-state index in [1.807, 2.05) is 0 Å². The Labute approximate surface area is 241 Å². The van der Waals surface area contributed by atoms with Crippen LogP contribution in [0.15, 0.2) is 60.1 Å². The normalized spacial score (nSPS) is 12.4. The van der Waals surface area contributed by atoms with Gasteiger partial charge in [0.25, 0.3) is 10.0 Å². The van der Waals surface area contributed by atoms with Gasteiger partial charge < -0.3 is 0 Å². The molecule has 0 aliphatic carbocycles. The van der Waals surface area contributed by atoms with E-state index in [1.54, 1.807) is 4.72 Å². The molecule has 0 saturated heterocycles. The summed E-state index contributed by atoms with van der Waals surface area (Å²) in [5.74, 6) is -3.05. The van der Waals surface area contributed by atoms with Crippen molar-refractivity contribution >= 4 is 44.2 Å². The summed E-state index contributed by atoms with van der Waals surface area (Å²) in [7, 11) is -5.34. The number of hydrogen-bond acceptors (Lipinski definition) is 6. The molecule has 0 saturated carbocycles. The van der Waals surface area contributed by atoms with Crippen LogP contribution in [-0.4, -0.2) is 29.5 Å². The molecule has 0 fully saturated rings. The average molecular weight is 655 g/mol. The summed E-state index contributed by atoms with van der Waals surface area (Å²) in [6.45, 7) is 3.62. The Morgan fingerprint density at radius 1 is 1.00 bits per heavy atom. The number of benzene rings is 2. The molecule has 0 radical (unpaired) electrons. The highest BCUT2D eigenvalue weighted by Gasteiger charge is 2.39. The SMILES string of the molecule is C=C(CCC(F)(F)F)c1nc(-c2cccc(NS(=O)(=O)c3c(F)cccc3C(F)(F)F)c2F)c(-c2ccnc(Cl)n2)s1. The number of anilines is 1. The van der Waals surface area contributed by atoms with Crippen molar-refractivity contribution in [1.82, 2.24) is 15.0 Å². The van der Waals surface area contributed by atoms with Crippen molar-refractivity contribution in [3.63, 3.8) is 0 Å². The van der Waals surface area contributed by atoms with E-state index in [0.717, 1.165) is 29.5 Å². The van der Waals surface area contributed by atoms with Crippen LogP contribution in [0.4, 0.5) is 40.8 Å². The van der Waals surface area contributed by atoms with Crippen LogP contribution in [0.25, 0.3) is 27.4 Å². The number of halogens is 9. The van der Waals surface area contributed by atoms with Gasteiger partial charge in [-0.15, -0.1) is 11.3 Å². The summed E-state index contributed by atoms with van der Waals surface area (Å²) in [5, 5.41) is -0.248. The predicted molar refractivity (Wildman–Crippen MR) is 140 cm³/mol. The van der Waals surface area contributed by atoms with Crippen LogP contribution in [0.5, 0.6) is 0 Å². The number of nitrogens with one attached hydrogen (secondary N) is 1. The number of allylic oxidation sites excluding steroid dienone is 1. The number of aromatic nitrogens is 3. The van der Waals surface area contributed by atoms with Crippen LogP contribution in [-0.2, 0) is 16.2 Å². The zero-order chi connectivity index (χ0) is 31.0. The second-order valence-electron chi connectivity index (χ2n) is 8.51. The first kappa shape index (κ1) is 31.3. The highest BCUT2D eigenvalue weighted by Crippen LogP contribution is 2.42. The Balaban J connectivity index is 1.82. The zero-order valence-electron chi connectivity index (χ0n) is 20.6. The number of thiazole rings is 1.